The fraction of sp³-hybridized carbons (Fsp3) is 0.826. The number of allylic oxidation sites excluding steroid dienone is 2. The number of epoxide rings is 1. The van der Waals surface area contributed by atoms with Crippen LogP contribution in [0.3, 0.4) is 0 Å². The molecule has 8 atom stereocenters. The molecule has 1 saturated heterocycles. The third-order valence-corrected chi connectivity index (χ3v) is 6.00. The van der Waals surface area contributed by atoms with Crippen LogP contribution in [-0.2, 0) is 18.9 Å². The summed E-state index contributed by atoms with van der Waals surface area (Å²) in [6.07, 6.45) is 7.54. The minimum atomic E-state index is -0.532. The Morgan fingerprint density at radius 2 is 1.66 bits per heavy atom. The Kier molecular flexibility index (Phi) is 12.3. The molecule has 0 aliphatic carbocycles. The van der Waals surface area contributed by atoms with E-state index in [1.54, 1.807) is 21.3 Å². The minimum Gasteiger partial charge on any atom is -0.396 e. The van der Waals surface area contributed by atoms with E-state index < -0.39 is 6.10 Å². The third-order valence-electron chi connectivity index (χ3n) is 6.00. The Morgan fingerprint density at radius 1 is 1.03 bits per heavy atom. The summed E-state index contributed by atoms with van der Waals surface area (Å²) >= 11 is 0. The Morgan fingerprint density at radius 3 is 2.17 bits per heavy atom. The van der Waals surface area contributed by atoms with Crippen LogP contribution in [-0.4, -0.2) is 74.8 Å². The van der Waals surface area contributed by atoms with Crippen LogP contribution in [0.4, 0.5) is 0 Å². The number of aliphatic hydroxyl groups excluding tert-OH is 2. The third kappa shape index (κ3) is 8.12. The van der Waals surface area contributed by atoms with E-state index in [0.717, 1.165) is 18.4 Å². The zero-order valence-electron chi connectivity index (χ0n) is 19.2. The van der Waals surface area contributed by atoms with Crippen LogP contribution in [0, 0.1) is 11.8 Å². The molecule has 1 rings (SSSR count). The van der Waals surface area contributed by atoms with Crippen molar-refractivity contribution in [1.82, 2.24) is 0 Å². The van der Waals surface area contributed by atoms with E-state index in [-0.39, 0.29) is 49.0 Å². The molecule has 0 saturated carbocycles. The van der Waals surface area contributed by atoms with Crippen molar-refractivity contribution in [3.05, 3.63) is 23.8 Å². The summed E-state index contributed by atoms with van der Waals surface area (Å²) in [7, 11) is 5.03. The maximum Gasteiger partial charge on any atom is 0.111 e. The Labute approximate surface area is 176 Å². The molecule has 2 N–H and O–H groups in total. The van der Waals surface area contributed by atoms with Crippen LogP contribution in [0.25, 0.3) is 0 Å². The van der Waals surface area contributed by atoms with E-state index in [2.05, 4.69) is 13.8 Å². The van der Waals surface area contributed by atoms with Crippen LogP contribution in [0.1, 0.15) is 47.0 Å². The highest BCUT2D eigenvalue weighted by atomic mass is 16.6. The lowest BCUT2D eigenvalue weighted by Crippen LogP contribution is -2.31. The SMILES string of the molecule is CCC(OC)C(C)C1OC1C(O)C(C)/C=C/C=C(\C)CC(OC)C(CCO)OC. The maximum absolute atomic E-state index is 10.6. The molecule has 0 aromatic heterocycles. The van der Waals surface area contributed by atoms with Gasteiger partial charge in [0.15, 0.2) is 0 Å². The van der Waals surface area contributed by atoms with Gasteiger partial charge in [-0.1, -0.05) is 44.6 Å². The van der Waals surface area contributed by atoms with Crippen LogP contribution < -0.4 is 0 Å². The summed E-state index contributed by atoms with van der Waals surface area (Å²) in [5.74, 6) is 0.254. The lowest BCUT2D eigenvalue weighted by Gasteiger charge is -2.24. The van der Waals surface area contributed by atoms with Gasteiger partial charge >= 0.3 is 0 Å². The fourth-order valence-corrected chi connectivity index (χ4v) is 3.94. The van der Waals surface area contributed by atoms with Gasteiger partial charge in [0.05, 0.1) is 30.5 Å². The van der Waals surface area contributed by atoms with Gasteiger partial charge in [-0.15, -0.1) is 0 Å². The quantitative estimate of drug-likeness (QED) is 0.317. The van der Waals surface area contributed by atoms with Gasteiger partial charge in [-0.3, -0.25) is 0 Å². The molecule has 0 aromatic rings. The smallest absolute Gasteiger partial charge is 0.111 e. The molecular weight excluding hydrogens is 372 g/mol. The maximum atomic E-state index is 10.6. The average Bonchev–Trinajstić information content (AvgIpc) is 3.51. The van der Waals surface area contributed by atoms with Gasteiger partial charge in [0.1, 0.15) is 6.10 Å². The van der Waals surface area contributed by atoms with Gasteiger partial charge < -0.3 is 29.2 Å². The molecule has 0 aromatic carbocycles. The van der Waals surface area contributed by atoms with E-state index in [0.29, 0.717) is 6.42 Å². The van der Waals surface area contributed by atoms with Gasteiger partial charge in [0.25, 0.3) is 0 Å². The van der Waals surface area contributed by atoms with E-state index in [1.165, 1.54) is 0 Å². The van der Waals surface area contributed by atoms with Crippen LogP contribution >= 0.6 is 0 Å². The molecular formula is C23H42O6. The van der Waals surface area contributed by atoms with Gasteiger partial charge in [-0.2, -0.15) is 0 Å². The Bertz CT molecular complexity index is 502. The molecule has 0 amide bonds. The molecule has 6 heteroatoms. The normalized spacial score (nSPS) is 26.2. The van der Waals surface area contributed by atoms with Crippen LogP contribution in [0.5, 0.6) is 0 Å². The van der Waals surface area contributed by atoms with Gasteiger partial charge in [0, 0.05) is 39.8 Å². The molecule has 0 bridgehead atoms. The molecule has 29 heavy (non-hydrogen) atoms. The second-order valence-corrected chi connectivity index (χ2v) is 8.12. The fourth-order valence-electron chi connectivity index (χ4n) is 3.94. The molecule has 0 spiro atoms. The van der Waals surface area contributed by atoms with E-state index >= 15 is 0 Å². The predicted molar refractivity (Wildman–Crippen MR) is 115 cm³/mol. The van der Waals surface area contributed by atoms with Gasteiger partial charge in [-0.25, -0.2) is 0 Å². The van der Waals surface area contributed by atoms with Gasteiger partial charge in [-0.05, 0) is 26.2 Å². The van der Waals surface area contributed by atoms with E-state index in [9.17, 15) is 5.11 Å². The van der Waals surface area contributed by atoms with Crippen molar-refractivity contribution in [2.24, 2.45) is 11.8 Å². The summed E-state index contributed by atoms with van der Waals surface area (Å²) in [4.78, 5) is 0. The first-order valence-corrected chi connectivity index (χ1v) is 10.7. The first-order valence-electron chi connectivity index (χ1n) is 10.7. The number of aliphatic hydroxyl groups is 2. The second-order valence-electron chi connectivity index (χ2n) is 8.12. The molecule has 8 unspecified atom stereocenters. The lowest BCUT2D eigenvalue weighted by molar-refractivity contribution is -0.0448. The second kappa shape index (κ2) is 13.5. The summed E-state index contributed by atoms with van der Waals surface area (Å²) in [6.45, 7) is 8.34. The molecule has 1 heterocycles. The summed E-state index contributed by atoms with van der Waals surface area (Å²) in [6, 6.07) is 0. The molecule has 1 aliphatic heterocycles. The molecule has 0 radical (unpaired) electrons. The highest BCUT2D eigenvalue weighted by Gasteiger charge is 2.50. The van der Waals surface area contributed by atoms with Crippen molar-refractivity contribution >= 4 is 0 Å². The zero-order chi connectivity index (χ0) is 22.0. The number of ether oxygens (including phenoxy) is 4. The monoisotopic (exact) mass is 414 g/mol. The first-order chi connectivity index (χ1) is 13.8. The van der Waals surface area contributed by atoms with Gasteiger partial charge in [0.2, 0.25) is 0 Å². The Hall–Kier alpha value is -0.760. The predicted octanol–water partition coefficient (Wildman–Crippen LogP) is 3.12. The van der Waals surface area contributed by atoms with E-state index in [1.807, 2.05) is 32.1 Å². The molecule has 1 aliphatic rings. The van der Waals surface area contributed by atoms with Crippen molar-refractivity contribution < 1.29 is 29.2 Å². The molecule has 6 nitrogen and oxygen atoms in total. The van der Waals surface area contributed by atoms with Crippen molar-refractivity contribution in [2.75, 3.05) is 27.9 Å². The van der Waals surface area contributed by atoms with Crippen molar-refractivity contribution in [1.29, 1.82) is 0 Å². The van der Waals surface area contributed by atoms with Crippen molar-refractivity contribution in [2.45, 2.75) is 83.6 Å². The summed E-state index contributed by atoms with van der Waals surface area (Å²) in [5.41, 5.74) is 1.15. The van der Waals surface area contributed by atoms with E-state index in [4.69, 9.17) is 24.1 Å². The van der Waals surface area contributed by atoms with Crippen molar-refractivity contribution in [3.8, 4) is 0 Å². The van der Waals surface area contributed by atoms with Crippen LogP contribution in [0.15, 0.2) is 23.8 Å². The van der Waals surface area contributed by atoms with Crippen molar-refractivity contribution in [3.63, 3.8) is 0 Å². The average molecular weight is 415 g/mol. The largest absolute Gasteiger partial charge is 0.396 e. The Balaban J connectivity index is 2.55. The molecule has 170 valence electrons. The topological polar surface area (TPSA) is 80.7 Å². The first kappa shape index (κ1) is 26.3. The van der Waals surface area contributed by atoms with Crippen LogP contribution in [0.2, 0.25) is 0 Å². The number of hydrogen-bond acceptors (Lipinski definition) is 6. The number of hydrogen-bond donors (Lipinski definition) is 2. The zero-order valence-corrected chi connectivity index (χ0v) is 19.2. The minimum absolute atomic E-state index is 0.0109. The lowest BCUT2D eigenvalue weighted by atomic mass is 9.91. The highest BCUT2D eigenvalue weighted by molar-refractivity contribution is 5.13. The summed E-state index contributed by atoms with van der Waals surface area (Å²) in [5, 5.41) is 19.8. The summed E-state index contributed by atoms with van der Waals surface area (Å²) < 4.78 is 22.2. The standard InChI is InChI=1S/C23H42O6/c1-8-18(26-5)17(4)22-23(29-22)21(25)16(3)11-9-10-15(2)14-20(28-7)19(27-6)12-13-24/h9-11,16-25H,8,12-14H2,1-7H3/b11-9+,15-10+. The number of rotatable bonds is 15. The number of methoxy groups -OCH3 is 3. The highest BCUT2D eigenvalue weighted by Crippen LogP contribution is 2.37. The molecule has 1 fully saturated rings.